The van der Waals surface area contributed by atoms with Crippen LogP contribution in [0.2, 0.25) is 5.02 Å². The van der Waals surface area contributed by atoms with Gasteiger partial charge in [-0.2, -0.15) is 0 Å². The smallest absolute Gasteiger partial charge is 0.263 e. The second-order valence-electron chi connectivity index (χ2n) is 6.09. The molecule has 2 aromatic carbocycles. The summed E-state index contributed by atoms with van der Waals surface area (Å²) in [4.78, 5) is 11.2. The molecule has 3 rings (SSSR count). The first-order valence-corrected chi connectivity index (χ1v) is 11.0. The van der Waals surface area contributed by atoms with Gasteiger partial charge in [-0.05, 0) is 35.9 Å². The number of benzene rings is 2. The Morgan fingerprint density at radius 1 is 1.11 bits per heavy atom. The van der Waals surface area contributed by atoms with Gasteiger partial charge in [-0.15, -0.1) is 0 Å². The normalized spacial score (nSPS) is 14.1. The third-order valence-corrected chi connectivity index (χ3v) is 7.59. The second kappa shape index (κ2) is 6.79. The topological polar surface area (TPSA) is 113 Å². The molecule has 1 heterocycles. The Labute approximate surface area is 162 Å². The number of amides is 1. The minimum atomic E-state index is -4.10. The summed E-state index contributed by atoms with van der Waals surface area (Å²) in [5.74, 6) is -0.245. The average Bonchev–Trinajstić information content (AvgIpc) is 2.92. The molecule has 11 heteroatoms. The summed E-state index contributed by atoms with van der Waals surface area (Å²) >= 11 is 6.08. The number of hydrogen-bond acceptors (Lipinski definition) is 5. The number of halogens is 1. The molecular formula is C16H16ClN3O5S2. The molecule has 2 aromatic rings. The second-order valence-corrected chi connectivity index (χ2v) is 10.3. The lowest BCUT2D eigenvalue weighted by molar-refractivity contribution is -0.115. The lowest BCUT2D eigenvalue weighted by Crippen LogP contribution is -2.22. The van der Waals surface area contributed by atoms with Crippen LogP contribution < -0.4 is 10.0 Å². The van der Waals surface area contributed by atoms with Gasteiger partial charge in [0.2, 0.25) is 15.9 Å². The standard InChI is InChI=1S/C16H16ClN3O5S2/c1-20(2)27(24,25)12-5-3-4-11(8-12)19-26(22,23)15-6-10-7-16(21)18-14(10)9-13(15)17/h3-6,8-9,19H,7H2,1-2H3,(H,18,21). The first-order chi connectivity index (χ1) is 12.5. The number of fused-ring (bicyclic) bond motifs is 1. The lowest BCUT2D eigenvalue weighted by Gasteiger charge is -2.14. The molecule has 0 spiro atoms. The van der Waals surface area contributed by atoms with Crippen molar-refractivity contribution in [1.82, 2.24) is 4.31 Å². The summed E-state index contributed by atoms with van der Waals surface area (Å²) in [7, 11) is -5.05. The van der Waals surface area contributed by atoms with Crippen LogP contribution in [-0.2, 0) is 31.3 Å². The van der Waals surface area contributed by atoms with E-state index in [1.54, 1.807) is 0 Å². The molecule has 1 aliphatic heterocycles. The van der Waals surface area contributed by atoms with Crippen LogP contribution >= 0.6 is 11.6 Å². The summed E-state index contributed by atoms with van der Waals surface area (Å²) in [6.45, 7) is 0. The Morgan fingerprint density at radius 2 is 1.81 bits per heavy atom. The average molecular weight is 430 g/mol. The lowest BCUT2D eigenvalue weighted by atomic mass is 10.2. The van der Waals surface area contributed by atoms with Crippen LogP contribution in [0, 0.1) is 0 Å². The van der Waals surface area contributed by atoms with E-state index in [0.29, 0.717) is 11.3 Å². The van der Waals surface area contributed by atoms with Crippen LogP contribution in [0.15, 0.2) is 46.2 Å². The van der Waals surface area contributed by atoms with E-state index in [2.05, 4.69) is 10.0 Å². The Hall–Kier alpha value is -2.14. The van der Waals surface area contributed by atoms with Crippen LogP contribution in [0.5, 0.6) is 0 Å². The SMILES string of the molecule is CN(C)S(=O)(=O)c1cccc(NS(=O)(=O)c2cc3c(cc2Cl)NC(=O)C3)c1. The third kappa shape index (κ3) is 3.79. The minimum Gasteiger partial charge on any atom is -0.325 e. The highest BCUT2D eigenvalue weighted by Gasteiger charge is 2.26. The summed E-state index contributed by atoms with van der Waals surface area (Å²) < 4.78 is 53.3. The number of anilines is 2. The molecule has 0 fully saturated rings. The first kappa shape index (κ1) is 19.6. The largest absolute Gasteiger partial charge is 0.325 e. The van der Waals surface area contributed by atoms with Gasteiger partial charge in [0.15, 0.2) is 0 Å². The van der Waals surface area contributed by atoms with E-state index in [4.69, 9.17) is 11.6 Å². The highest BCUT2D eigenvalue weighted by Crippen LogP contribution is 2.33. The first-order valence-electron chi connectivity index (χ1n) is 7.68. The Morgan fingerprint density at radius 3 is 2.48 bits per heavy atom. The molecule has 2 N–H and O–H groups in total. The Bertz CT molecular complexity index is 1140. The molecule has 0 aliphatic carbocycles. The quantitative estimate of drug-likeness (QED) is 0.753. The molecule has 0 aromatic heterocycles. The van der Waals surface area contributed by atoms with Gasteiger partial charge in [-0.3, -0.25) is 9.52 Å². The van der Waals surface area contributed by atoms with E-state index in [1.165, 1.54) is 50.5 Å². The van der Waals surface area contributed by atoms with Crippen LogP contribution in [0.25, 0.3) is 0 Å². The number of carbonyl (C=O) groups excluding carboxylic acids is 1. The molecule has 0 saturated heterocycles. The monoisotopic (exact) mass is 429 g/mol. The van der Waals surface area contributed by atoms with Gasteiger partial charge in [0.25, 0.3) is 10.0 Å². The third-order valence-electron chi connectivity index (χ3n) is 3.94. The fourth-order valence-corrected chi connectivity index (χ4v) is 5.15. The number of sulfonamides is 2. The van der Waals surface area contributed by atoms with E-state index in [0.717, 1.165) is 4.31 Å². The van der Waals surface area contributed by atoms with Gasteiger partial charge in [-0.1, -0.05) is 17.7 Å². The zero-order valence-electron chi connectivity index (χ0n) is 14.4. The highest BCUT2D eigenvalue weighted by molar-refractivity contribution is 7.93. The number of hydrogen-bond donors (Lipinski definition) is 2. The van der Waals surface area contributed by atoms with E-state index >= 15 is 0 Å². The minimum absolute atomic E-state index is 0.0532. The molecular weight excluding hydrogens is 414 g/mol. The van der Waals surface area contributed by atoms with Crippen LogP contribution in [0.4, 0.5) is 11.4 Å². The van der Waals surface area contributed by atoms with Crippen molar-refractivity contribution in [3.05, 3.63) is 47.0 Å². The number of carbonyl (C=O) groups is 1. The van der Waals surface area contributed by atoms with Crippen molar-refractivity contribution in [2.45, 2.75) is 16.2 Å². The maximum absolute atomic E-state index is 12.7. The Kier molecular flexibility index (Phi) is 4.93. The van der Waals surface area contributed by atoms with Crippen molar-refractivity contribution in [2.75, 3.05) is 24.1 Å². The zero-order valence-corrected chi connectivity index (χ0v) is 16.7. The Balaban J connectivity index is 1.97. The molecule has 0 radical (unpaired) electrons. The molecule has 8 nitrogen and oxygen atoms in total. The number of nitrogens with one attached hydrogen (secondary N) is 2. The van der Waals surface area contributed by atoms with Gasteiger partial charge in [0, 0.05) is 19.8 Å². The van der Waals surface area contributed by atoms with Gasteiger partial charge in [0.05, 0.1) is 22.0 Å². The van der Waals surface area contributed by atoms with Crippen LogP contribution in [-0.4, -0.2) is 41.1 Å². The van der Waals surface area contributed by atoms with Gasteiger partial charge in [-0.25, -0.2) is 21.1 Å². The zero-order chi connectivity index (χ0) is 20.0. The molecule has 1 amide bonds. The molecule has 1 aliphatic rings. The molecule has 0 bridgehead atoms. The van der Waals surface area contributed by atoms with Crippen molar-refractivity contribution >= 4 is 48.9 Å². The summed E-state index contributed by atoms with van der Waals surface area (Å²) in [5, 5.41) is 2.54. The highest BCUT2D eigenvalue weighted by atomic mass is 35.5. The van der Waals surface area contributed by atoms with Crippen LogP contribution in [0.3, 0.4) is 0 Å². The number of rotatable bonds is 5. The van der Waals surface area contributed by atoms with Crippen molar-refractivity contribution in [3.8, 4) is 0 Å². The van der Waals surface area contributed by atoms with Crippen molar-refractivity contribution in [2.24, 2.45) is 0 Å². The summed E-state index contributed by atoms with van der Waals surface area (Å²) in [6.07, 6.45) is 0.0611. The molecule has 0 unspecified atom stereocenters. The van der Waals surface area contributed by atoms with Gasteiger partial charge < -0.3 is 5.32 Å². The van der Waals surface area contributed by atoms with Crippen molar-refractivity contribution < 1.29 is 21.6 Å². The van der Waals surface area contributed by atoms with Crippen molar-refractivity contribution in [3.63, 3.8) is 0 Å². The van der Waals surface area contributed by atoms with E-state index in [-0.39, 0.29) is 32.8 Å². The molecule has 0 atom stereocenters. The predicted octanol–water partition coefficient (Wildman–Crippen LogP) is 1.89. The van der Waals surface area contributed by atoms with E-state index in [1.807, 2.05) is 0 Å². The molecule has 0 saturated carbocycles. The van der Waals surface area contributed by atoms with Crippen molar-refractivity contribution in [1.29, 1.82) is 0 Å². The summed E-state index contributed by atoms with van der Waals surface area (Å²) in [5.41, 5.74) is 1.07. The van der Waals surface area contributed by atoms with Gasteiger partial charge >= 0.3 is 0 Å². The molecule has 27 heavy (non-hydrogen) atoms. The number of nitrogens with zero attached hydrogens (tertiary/aromatic N) is 1. The maximum atomic E-state index is 12.7. The van der Waals surface area contributed by atoms with E-state index in [9.17, 15) is 21.6 Å². The van der Waals surface area contributed by atoms with Crippen LogP contribution in [0.1, 0.15) is 5.56 Å². The van der Waals surface area contributed by atoms with Gasteiger partial charge in [0.1, 0.15) is 4.90 Å². The molecule has 144 valence electrons. The fraction of sp³-hybridized carbons (Fsp3) is 0.188. The summed E-state index contributed by atoms with van der Waals surface area (Å²) in [6, 6.07) is 8.16. The maximum Gasteiger partial charge on any atom is 0.263 e. The predicted molar refractivity (Wildman–Crippen MR) is 102 cm³/mol. The van der Waals surface area contributed by atoms with E-state index < -0.39 is 20.0 Å². The fourth-order valence-electron chi connectivity index (χ4n) is 2.57.